The minimum absolute atomic E-state index is 0.0486. The van der Waals surface area contributed by atoms with E-state index in [9.17, 15) is 9.59 Å². The Bertz CT molecular complexity index is 309. The molecule has 0 spiro atoms. The standard InChI is InChI=1S/C13H24N2O4/c1-4-5-14(10-13(17)18-3)9-12(16)15-6-7-19-11(2)8-15/h11H,4-10H2,1-3H3. The summed E-state index contributed by atoms with van der Waals surface area (Å²) in [5, 5.41) is 0. The summed E-state index contributed by atoms with van der Waals surface area (Å²) in [6, 6.07) is 0. The topological polar surface area (TPSA) is 59.1 Å². The number of hydrogen-bond donors (Lipinski definition) is 0. The molecule has 0 aliphatic carbocycles. The van der Waals surface area contributed by atoms with E-state index in [4.69, 9.17) is 4.74 Å². The fourth-order valence-electron chi connectivity index (χ4n) is 2.11. The van der Waals surface area contributed by atoms with Gasteiger partial charge in [0.1, 0.15) is 0 Å². The predicted octanol–water partition coefficient (Wildman–Crippen LogP) is 0.119. The molecule has 6 nitrogen and oxygen atoms in total. The Morgan fingerprint density at radius 1 is 1.42 bits per heavy atom. The maximum absolute atomic E-state index is 12.2. The Morgan fingerprint density at radius 2 is 2.16 bits per heavy atom. The van der Waals surface area contributed by atoms with Gasteiger partial charge in [0.15, 0.2) is 0 Å². The highest BCUT2D eigenvalue weighted by atomic mass is 16.5. The van der Waals surface area contributed by atoms with E-state index in [1.165, 1.54) is 7.11 Å². The molecule has 1 fully saturated rings. The normalized spacial score (nSPS) is 19.6. The molecule has 0 aromatic heterocycles. The van der Waals surface area contributed by atoms with Gasteiger partial charge >= 0.3 is 5.97 Å². The third-order valence-electron chi connectivity index (χ3n) is 3.07. The fourth-order valence-corrected chi connectivity index (χ4v) is 2.11. The number of amides is 1. The summed E-state index contributed by atoms with van der Waals surface area (Å²) < 4.78 is 10.1. The zero-order valence-corrected chi connectivity index (χ0v) is 12.1. The summed E-state index contributed by atoms with van der Waals surface area (Å²) in [6.45, 7) is 6.94. The second-order valence-corrected chi connectivity index (χ2v) is 4.81. The van der Waals surface area contributed by atoms with E-state index in [1.807, 2.05) is 18.7 Å². The average Bonchev–Trinajstić information content (AvgIpc) is 2.38. The van der Waals surface area contributed by atoms with Crippen LogP contribution in [0.3, 0.4) is 0 Å². The molecule has 0 aromatic carbocycles. The molecule has 19 heavy (non-hydrogen) atoms. The summed E-state index contributed by atoms with van der Waals surface area (Å²) in [7, 11) is 1.36. The molecule has 0 aromatic rings. The number of morpholine rings is 1. The molecule has 0 saturated carbocycles. The van der Waals surface area contributed by atoms with Crippen molar-refractivity contribution in [3.63, 3.8) is 0 Å². The van der Waals surface area contributed by atoms with Gasteiger partial charge < -0.3 is 14.4 Å². The van der Waals surface area contributed by atoms with Crippen LogP contribution in [-0.2, 0) is 19.1 Å². The maximum atomic E-state index is 12.2. The Morgan fingerprint density at radius 3 is 2.74 bits per heavy atom. The van der Waals surface area contributed by atoms with Crippen LogP contribution < -0.4 is 0 Å². The molecular formula is C13H24N2O4. The average molecular weight is 272 g/mol. The second kappa shape index (κ2) is 8.12. The first-order valence-electron chi connectivity index (χ1n) is 6.75. The molecule has 1 heterocycles. The second-order valence-electron chi connectivity index (χ2n) is 4.81. The molecule has 1 amide bonds. The number of carbonyl (C=O) groups excluding carboxylic acids is 2. The lowest BCUT2D eigenvalue weighted by molar-refractivity contribution is -0.144. The number of nitrogens with zero attached hydrogens (tertiary/aromatic N) is 2. The third kappa shape index (κ3) is 5.57. The minimum Gasteiger partial charge on any atom is -0.468 e. The van der Waals surface area contributed by atoms with Crippen LogP contribution in [0.4, 0.5) is 0 Å². The van der Waals surface area contributed by atoms with Crippen LogP contribution in [0, 0.1) is 0 Å². The van der Waals surface area contributed by atoms with E-state index in [0.29, 0.717) is 26.2 Å². The van der Waals surface area contributed by atoms with Crippen molar-refractivity contribution >= 4 is 11.9 Å². The van der Waals surface area contributed by atoms with Gasteiger partial charge in [-0.25, -0.2) is 0 Å². The Kier molecular flexibility index (Phi) is 6.80. The van der Waals surface area contributed by atoms with E-state index in [2.05, 4.69) is 4.74 Å². The van der Waals surface area contributed by atoms with E-state index in [-0.39, 0.29) is 31.1 Å². The summed E-state index contributed by atoms with van der Waals surface area (Å²) in [4.78, 5) is 27.1. The lowest BCUT2D eigenvalue weighted by atomic mass is 10.3. The number of esters is 1. The van der Waals surface area contributed by atoms with Gasteiger partial charge in [0.25, 0.3) is 0 Å². The Labute approximate surface area is 114 Å². The molecule has 1 aliphatic heterocycles. The van der Waals surface area contributed by atoms with Gasteiger partial charge in [0.2, 0.25) is 5.91 Å². The van der Waals surface area contributed by atoms with E-state index < -0.39 is 0 Å². The van der Waals surface area contributed by atoms with Crippen molar-refractivity contribution in [2.75, 3.05) is 46.4 Å². The lowest BCUT2D eigenvalue weighted by Gasteiger charge is -2.32. The van der Waals surface area contributed by atoms with Crippen molar-refractivity contribution in [1.29, 1.82) is 0 Å². The van der Waals surface area contributed by atoms with Gasteiger partial charge in [-0.3, -0.25) is 14.5 Å². The summed E-state index contributed by atoms with van der Waals surface area (Å²) in [5.41, 5.74) is 0. The van der Waals surface area contributed by atoms with Gasteiger partial charge in [-0.15, -0.1) is 0 Å². The van der Waals surface area contributed by atoms with Gasteiger partial charge in [-0.1, -0.05) is 6.92 Å². The predicted molar refractivity (Wildman–Crippen MR) is 70.7 cm³/mol. The van der Waals surface area contributed by atoms with Crippen molar-refractivity contribution in [1.82, 2.24) is 9.80 Å². The summed E-state index contributed by atoms with van der Waals surface area (Å²) in [6.07, 6.45) is 0.974. The van der Waals surface area contributed by atoms with E-state index >= 15 is 0 Å². The molecule has 1 unspecified atom stereocenters. The SMILES string of the molecule is CCCN(CC(=O)OC)CC(=O)N1CCOC(C)C1. The quantitative estimate of drug-likeness (QED) is 0.643. The first-order valence-corrected chi connectivity index (χ1v) is 6.75. The minimum atomic E-state index is -0.309. The molecule has 110 valence electrons. The zero-order valence-electron chi connectivity index (χ0n) is 12.1. The van der Waals surface area contributed by atoms with Crippen LogP contribution >= 0.6 is 0 Å². The molecule has 1 atom stereocenters. The van der Waals surface area contributed by atoms with Crippen molar-refractivity contribution in [2.45, 2.75) is 26.4 Å². The van der Waals surface area contributed by atoms with Crippen molar-refractivity contribution in [3.05, 3.63) is 0 Å². The number of ether oxygens (including phenoxy) is 2. The van der Waals surface area contributed by atoms with E-state index in [1.54, 1.807) is 4.90 Å². The molecule has 0 bridgehead atoms. The number of methoxy groups -OCH3 is 1. The van der Waals surface area contributed by atoms with Crippen LogP contribution in [0.2, 0.25) is 0 Å². The molecule has 6 heteroatoms. The largest absolute Gasteiger partial charge is 0.468 e. The fraction of sp³-hybridized carbons (Fsp3) is 0.846. The van der Waals surface area contributed by atoms with Crippen LogP contribution in [0.15, 0.2) is 0 Å². The molecule has 1 aliphatic rings. The molecular weight excluding hydrogens is 248 g/mol. The molecule has 1 saturated heterocycles. The van der Waals surface area contributed by atoms with Gasteiger partial charge in [-0.2, -0.15) is 0 Å². The van der Waals surface area contributed by atoms with Gasteiger partial charge in [-0.05, 0) is 19.9 Å². The third-order valence-corrected chi connectivity index (χ3v) is 3.07. The summed E-state index contributed by atoms with van der Waals surface area (Å²) in [5.74, 6) is -0.260. The maximum Gasteiger partial charge on any atom is 0.319 e. The van der Waals surface area contributed by atoms with Crippen molar-refractivity contribution < 1.29 is 19.1 Å². The van der Waals surface area contributed by atoms with Gasteiger partial charge in [0.05, 0.1) is 32.9 Å². The van der Waals surface area contributed by atoms with Gasteiger partial charge in [0, 0.05) is 13.1 Å². The van der Waals surface area contributed by atoms with E-state index in [0.717, 1.165) is 6.42 Å². The smallest absolute Gasteiger partial charge is 0.319 e. The first kappa shape index (κ1) is 15.9. The summed E-state index contributed by atoms with van der Waals surface area (Å²) >= 11 is 0. The van der Waals surface area contributed by atoms with Crippen molar-refractivity contribution in [2.24, 2.45) is 0 Å². The van der Waals surface area contributed by atoms with Crippen LogP contribution in [0.1, 0.15) is 20.3 Å². The molecule has 0 radical (unpaired) electrons. The lowest BCUT2D eigenvalue weighted by Crippen LogP contribution is -2.49. The number of hydrogen-bond acceptors (Lipinski definition) is 5. The number of carbonyl (C=O) groups is 2. The Hall–Kier alpha value is -1.14. The van der Waals surface area contributed by atoms with Crippen LogP contribution in [-0.4, -0.2) is 74.2 Å². The highest BCUT2D eigenvalue weighted by Gasteiger charge is 2.23. The monoisotopic (exact) mass is 272 g/mol. The van der Waals surface area contributed by atoms with Crippen LogP contribution in [0.25, 0.3) is 0 Å². The van der Waals surface area contributed by atoms with Crippen molar-refractivity contribution in [3.8, 4) is 0 Å². The zero-order chi connectivity index (χ0) is 14.3. The highest BCUT2D eigenvalue weighted by Crippen LogP contribution is 2.05. The highest BCUT2D eigenvalue weighted by molar-refractivity contribution is 5.79. The first-order chi connectivity index (χ1) is 9.06. The van der Waals surface area contributed by atoms with Crippen LogP contribution in [0.5, 0.6) is 0 Å². The number of rotatable bonds is 6. The molecule has 1 rings (SSSR count). The Balaban J connectivity index is 2.47. The molecule has 0 N–H and O–H groups in total.